The van der Waals surface area contributed by atoms with Gasteiger partial charge in [-0.2, -0.15) is 0 Å². The molecule has 0 fully saturated rings. The van der Waals surface area contributed by atoms with Crippen LogP contribution in [0.25, 0.3) is 0 Å². The van der Waals surface area contributed by atoms with Crippen LogP contribution in [0.1, 0.15) is 19.4 Å². The van der Waals surface area contributed by atoms with Crippen molar-refractivity contribution >= 4 is 0 Å². The standard InChI is InChI=1S/C7H11NO2/c1-5(2)10-7-6(3)4-9-8-7/h4-5H,1-3H3. The van der Waals surface area contributed by atoms with Gasteiger partial charge in [0, 0.05) is 0 Å². The van der Waals surface area contributed by atoms with Crippen molar-refractivity contribution in [1.82, 2.24) is 5.16 Å². The maximum atomic E-state index is 5.28. The lowest BCUT2D eigenvalue weighted by Crippen LogP contribution is -2.06. The molecule has 0 saturated heterocycles. The molecule has 1 aromatic rings. The molecule has 3 nitrogen and oxygen atoms in total. The largest absolute Gasteiger partial charge is 0.473 e. The molecule has 1 aromatic heterocycles. The number of rotatable bonds is 2. The first-order valence-electron chi connectivity index (χ1n) is 3.28. The second-order valence-corrected chi connectivity index (χ2v) is 2.47. The molecule has 0 N–H and O–H groups in total. The molecule has 0 aliphatic heterocycles. The van der Waals surface area contributed by atoms with E-state index in [0.29, 0.717) is 5.88 Å². The van der Waals surface area contributed by atoms with Gasteiger partial charge in [-0.25, -0.2) is 0 Å². The van der Waals surface area contributed by atoms with Gasteiger partial charge in [-0.3, -0.25) is 0 Å². The van der Waals surface area contributed by atoms with E-state index < -0.39 is 0 Å². The van der Waals surface area contributed by atoms with Crippen molar-refractivity contribution in [1.29, 1.82) is 0 Å². The molecule has 0 radical (unpaired) electrons. The van der Waals surface area contributed by atoms with Crippen LogP contribution in [0.4, 0.5) is 0 Å². The third-order valence-electron chi connectivity index (χ3n) is 1.05. The van der Waals surface area contributed by atoms with Crippen molar-refractivity contribution in [3.8, 4) is 5.88 Å². The van der Waals surface area contributed by atoms with Crippen molar-refractivity contribution in [3.05, 3.63) is 11.8 Å². The van der Waals surface area contributed by atoms with Crippen molar-refractivity contribution in [2.45, 2.75) is 26.9 Å². The van der Waals surface area contributed by atoms with Gasteiger partial charge < -0.3 is 9.26 Å². The second-order valence-electron chi connectivity index (χ2n) is 2.47. The van der Waals surface area contributed by atoms with Crippen LogP contribution in [0.15, 0.2) is 10.8 Å². The number of hydrogen-bond donors (Lipinski definition) is 0. The summed E-state index contributed by atoms with van der Waals surface area (Å²) in [6, 6.07) is 0. The average Bonchev–Trinajstić information content (AvgIpc) is 2.15. The first-order valence-corrected chi connectivity index (χ1v) is 3.28. The highest BCUT2D eigenvalue weighted by Gasteiger charge is 2.04. The van der Waals surface area contributed by atoms with Gasteiger partial charge in [-0.05, 0) is 25.9 Å². The zero-order valence-electron chi connectivity index (χ0n) is 6.42. The number of nitrogens with zero attached hydrogens (tertiary/aromatic N) is 1. The van der Waals surface area contributed by atoms with E-state index in [9.17, 15) is 0 Å². The van der Waals surface area contributed by atoms with E-state index in [4.69, 9.17) is 4.74 Å². The van der Waals surface area contributed by atoms with Gasteiger partial charge in [0.15, 0.2) is 0 Å². The normalized spacial score (nSPS) is 10.4. The Bertz CT molecular complexity index is 205. The van der Waals surface area contributed by atoms with Crippen molar-refractivity contribution < 1.29 is 9.26 Å². The van der Waals surface area contributed by atoms with Crippen LogP contribution in [0.5, 0.6) is 5.88 Å². The average molecular weight is 141 g/mol. The highest BCUT2D eigenvalue weighted by Crippen LogP contribution is 2.14. The Morgan fingerprint density at radius 3 is 2.70 bits per heavy atom. The lowest BCUT2D eigenvalue weighted by atomic mass is 10.4. The van der Waals surface area contributed by atoms with Crippen LogP contribution in [0.3, 0.4) is 0 Å². The third-order valence-corrected chi connectivity index (χ3v) is 1.05. The van der Waals surface area contributed by atoms with E-state index in [1.807, 2.05) is 20.8 Å². The van der Waals surface area contributed by atoms with Crippen LogP contribution < -0.4 is 4.74 Å². The minimum Gasteiger partial charge on any atom is -0.473 e. The third kappa shape index (κ3) is 1.50. The van der Waals surface area contributed by atoms with Crippen LogP contribution in [-0.2, 0) is 0 Å². The van der Waals surface area contributed by atoms with Gasteiger partial charge in [-0.15, -0.1) is 0 Å². The monoisotopic (exact) mass is 141 g/mol. The first kappa shape index (κ1) is 7.12. The first-order chi connectivity index (χ1) is 4.70. The van der Waals surface area contributed by atoms with Gasteiger partial charge in [0.2, 0.25) is 0 Å². The molecule has 0 spiro atoms. The summed E-state index contributed by atoms with van der Waals surface area (Å²) >= 11 is 0. The Kier molecular flexibility index (Phi) is 1.94. The SMILES string of the molecule is Cc1conc1OC(C)C. The molecule has 0 aromatic carbocycles. The van der Waals surface area contributed by atoms with E-state index in [0.717, 1.165) is 5.56 Å². The molecule has 56 valence electrons. The zero-order chi connectivity index (χ0) is 7.56. The lowest BCUT2D eigenvalue weighted by molar-refractivity contribution is 0.217. The van der Waals surface area contributed by atoms with Gasteiger partial charge in [-0.1, -0.05) is 0 Å². The minimum atomic E-state index is 0.156. The molecular weight excluding hydrogens is 130 g/mol. The van der Waals surface area contributed by atoms with E-state index in [2.05, 4.69) is 9.68 Å². The van der Waals surface area contributed by atoms with Crippen molar-refractivity contribution in [2.75, 3.05) is 0 Å². The molecule has 10 heavy (non-hydrogen) atoms. The predicted molar refractivity (Wildman–Crippen MR) is 37.0 cm³/mol. The number of aromatic nitrogens is 1. The number of ether oxygens (including phenoxy) is 1. The number of hydrogen-bond acceptors (Lipinski definition) is 3. The highest BCUT2D eigenvalue weighted by atomic mass is 16.5. The van der Waals surface area contributed by atoms with Crippen LogP contribution in [0.2, 0.25) is 0 Å². The maximum Gasteiger partial charge on any atom is 0.257 e. The maximum absolute atomic E-state index is 5.28. The molecule has 3 heteroatoms. The summed E-state index contributed by atoms with van der Waals surface area (Å²) in [5, 5.41) is 3.66. The second kappa shape index (κ2) is 2.73. The Balaban J connectivity index is 2.65. The summed E-state index contributed by atoms with van der Waals surface area (Å²) < 4.78 is 9.95. The molecule has 0 aliphatic carbocycles. The highest BCUT2D eigenvalue weighted by molar-refractivity contribution is 5.18. The van der Waals surface area contributed by atoms with E-state index >= 15 is 0 Å². The smallest absolute Gasteiger partial charge is 0.257 e. The summed E-state index contributed by atoms with van der Waals surface area (Å²) in [6.07, 6.45) is 1.72. The Hall–Kier alpha value is -0.990. The fraction of sp³-hybridized carbons (Fsp3) is 0.571. The fourth-order valence-corrected chi connectivity index (χ4v) is 0.613. The van der Waals surface area contributed by atoms with Crippen LogP contribution in [-0.4, -0.2) is 11.3 Å². The quantitative estimate of drug-likeness (QED) is 0.629. The predicted octanol–water partition coefficient (Wildman–Crippen LogP) is 1.77. The minimum absolute atomic E-state index is 0.156. The topological polar surface area (TPSA) is 35.3 Å². The summed E-state index contributed by atoms with van der Waals surface area (Å²) in [5.41, 5.74) is 0.939. The van der Waals surface area contributed by atoms with Gasteiger partial charge in [0.1, 0.15) is 6.26 Å². The van der Waals surface area contributed by atoms with E-state index in [1.54, 1.807) is 6.26 Å². The summed E-state index contributed by atoms with van der Waals surface area (Å²) in [4.78, 5) is 0. The molecule has 1 heterocycles. The van der Waals surface area contributed by atoms with Crippen molar-refractivity contribution in [3.63, 3.8) is 0 Å². The fourth-order valence-electron chi connectivity index (χ4n) is 0.613. The molecule has 0 atom stereocenters. The van der Waals surface area contributed by atoms with Crippen molar-refractivity contribution in [2.24, 2.45) is 0 Å². The van der Waals surface area contributed by atoms with Crippen LogP contribution in [0, 0.1) is 6.92 Å². The summed E-state index contributed by atoms with van der Waals surface area (Å²) in [5.74, 6) is 0.593. The van der Waals surface area contributed by atoms with E-state index in [-0.39, 0.29) is 6.10 Å². The molecule has 0 aliphatic rings. The Morgan fingerprint density at radius 2 is 2.30 bits per heavy atom. The van der Waals surface area contributed by atoms with Gasteiger partial charge in [0.05, 0.1) is 11.7 Å². The molecular formula is C7H11NO2. The Morgan fingerprint density at radius 1 is 1.60 bits per heavy atom. The molecule has 0 amide bonds. The summed E-state index contributed by atoms with van der Waals surface area (Å²) in [7, 11) is 0. The lowest BCUT2D eigenvalue weighted by Gasteiger charge is -2.04. The van der Waals surface area contributed by atoms with Gasteiger partial charge >= 0.3 is 0 Å². The zero-order valence-corrected chi connectivity index (χ0v) is 6.42. The molecule has 0 unspecified atom stereocenters. The van der Waals surface area contributed by atoms with E-state index in [1.165, 1.54) is 0 Å². The molecule has 1 rings (SSSR count). The van der Waals surface area contributed by atoms with Crippen LogP contribution >= 0.6 is 0 Å². The Labute approximate surface area is 60.0 Å². The van der Waals surface area contributed by atoms with Gasteiger partial charge in [0.25, 0.3) is 5.88 Å². The molecule has 0 saturated carbocycles. The summed E-state index contributed by atoms with van der Waals surface area (Å²) in [6.45, 7) is 5.80. The molecule has 0 bridgehead atoms. The number of aryl methyl sites for hydroxylation is 1.